The normalized spacial score (nSPS) is 10.6. The molecule has 4 rings (SSSR count). The van der Waals surface area contributed by atoms with Crippen molar-refractivity contribution in [1.29, 1.82) is 0 Å². The number of carboxylic acid groups (broad SMARTS) is 1. The number of carbonyl (C=O) groups excluding carboxylic acids is 2. The van der Waals surface area contributed by atoms with Crippen molar-refractivity contribution in [2.24, 2.45) is 0 Å². The van der Waals surface area contributed by atoms with Crippen LogP contribution in [0.3, 0.4) is 0 Å². The van der Waals surface area contributed by atoms with Crippen LogP contribution in [0.15, 0.2) is 91.0 Å². The van der Waals surface area contributed by atoms with E-state index in [9.17, 15) is 28.3 Å². The third-order valence-electron chi connectivity index (χ3n) is 6.48. The molecule has 0 atom stereocenters. The Morgan fingerprint density at radius 2 is 1.49 bits per heavy atom. The summed E-state index contributed by atoms with van der Waals surface area (Å²) in [5.74, 6) is -2.60. The highest BCUT2D eigenvalue weighted by Crippen LogP contribution is 2.29. The Hall–Kier alpha value is -5.05. The van der Waals surface area contributed by atoms with E-state index < -0.39 is 29.4 Å². The molecule has 0 aliphatic heterocycles. The van der Waals surface area contributed by atoms with E-state index >= 15 is 0 Å². The third-order valence-corrected chi connectivity index (χ3v) is 6.48. The van der Waals surface area contributed by atoms with Crippen LogP contribution in [0.2, 0.25) is 0 Å². The zero-order chi connectivity index (χ0) is 29.4. The molecule has 41 heavy (non-hydrogen) atoms. The molecule has 0 bridgehead atoms. The lowest BCUT2D eigenvalue weighted by molar-refractivity contribution is -0.137. The van der Waals surface area contributed by atoms with Gasteiger partial charge >= 0.3 is 5.97 Å². The number of hydrogen-bond donors (Lipinski definition) is 2. The van der Waals surface area contributed by atoms with E-state index in [4.69, 9.17) is 4.74 Å². The number of rotatable bonds is 11. The number of methoxy groups -OCH3 is 1. The molecule has 7 nitrogen and oxygen atoms in total. The van der Waals surface area contributed by atoms with Crippen LogP contribution in [-0.4, -0.2) is 41.4 Å². The highest BCUT2D eigenvalue weighted by atomic mass is 19.1. The monoisotopic (exact) mass is 558 g/mol. The fraction of sp³-hybridized carbons (Fsp3) is 0.156. The number of amides is 2. The summed E-state index contributed by atoms with van der Waals surface area (Å²) < 4.78 is 32.9. The maximum atomic E-state index is 14.1. The molecule has 0 aromatic heterocycles. The van der Waals surface area contributed by atoms with Crippen LogP contribution in [-0.2, 0) is 17.9 Å². The van der Waals surface area contributed by atoms with E-state index in [0.29, 0.717) is 16.9 Å². The molecule has 0 unspecified atom stereocenters. The summed E-state index contributed by atoms with van der Waals surface area (Å²) in [6.45, 7) is -0.107. The predicted octanol–water partition coefficient (Wildman–Crippen LogP) is 5.69. The van der Waals surface area contributed by atoms with E-state index in [-0.39, 0.29) is 42.7 Å². The van der Waals surface area contributed by atoms with Crippen LogP contribution in [0.5, 0.6) is 5.75 Å². The van der Waals surface area contributed by atoms with Crippen molar-refractivity contribution >= 4 is 17.8 Å². The van der Waals surface area contributed by atoms with Crippen molar-refractivity contribution in [2.45, 2.75) is 19.5 Å². The largest absolute Gasteiger partial charge is 0.497 e. The number of ether oxygens (including phenoxy) is 1. The maximum Gasteiger partial charge on any atom is 0.305 e. The molecule has 0 saturated carbocycles. The SMILES string of the molecule is COc1ccc(CN(CCC(=O)O)C(=O)c2ccccc2-c2ccccc2C(=O)NCc2cc(F)ccc2F)cc1. The molecule has 0 spiro atoms. The van der Waals surface area contributed by atoms with Gasteiger partial charge in [-0.2, -0.15) is 0 Å². The highest BCUT2D eigenvalue weighted by Gasteiger charge is 2.23. The summed E-state index contributed by atoms with van der Waals surface area (Å²) in [4.78, 5) is 39.9. The molecule has 0 aliphatic carbocycles. The number of hydrogen-bond acceptors (Lipinski definition) is 4. The van der Waals surface area contributed by atoms with Crippen LogP contribution >= 0.6 is 0 Å². The molecule has 9 heteroatoms. The van der Waals surface area contributed by atoms with Crippen LogP contribution in [0.25, 0.3) is 11.1 Å². The van der Waals surface area contributed by atoms with E-state index in [0.717, 1.165) is 23.8 Å². The lowest BCUT2D eigenvalue weighted by Crippen LogP contribution is -2.33. The molecule has 4 aromatic carbocycles. The third kappa shape index (κ3) is 7.33. The molecular weight excluding hydrogens is 530 g/mol. The number of halogens is 2. The average molecular weight is 559 g/mol. The lowest BCUT2D eigenvalue weighted by atomic mass is 9.94. The van der Waals surface area contributed by atoms with Crippen molar-refractivity contribution in [1.82, 2.24) is 10.2 Å². The van der Waals surface area contributed by atoms with Crippen LogP contribution in [0.1, 0.15) is 38.3 Å². The number of nitrogens with one attached hydrogen (secondary N) is 1. The van der Waals surface area contributed by atoms with Crippen LogP contribution < -0.4 is 10.1 Å². The van der Waals surface area contributed by atoms with Gasteiger partial charge in [0, 0.05) is 36.3 Å². The second kappa shape index (κ2) is 13.3. The van der Waals surface area contributed by atoms with E-state index in [1.165, 1.54) is 4.90 Å². The Balaban J connectivity index is 1.64. The quantitative estimate of drug-likeness (QED) is 0.247. The fourth-order valence-electron chi connectivity index (χ4n) is 4.37. The summed E-state index contributed by atoms with van der Waals surface area (Å²) in [5, 5.41) is 11.9. The Bertz CT molecular complexity index is 1560. The molecule has 0 radical (unpaired) electrons. The van der Waals surface area contributed by atoms with Gasteiger partial charge in [-0.3, -0.25) is 14.4 Å². The predicted molar refractivity (Wildman–Crippen MR) is 149 cm³/mol. The first kappa shape index (κ1) is 28.9. The summed E-state index contributed by atoms with van der Waals surface area (Å²) in [6.07, 6.45) is -0.250. The van der Waals surface area contributed by atoms with Gasteiger partial charge in [0.2, 0.25) is 0 Å². The minimum absolute atomic E-state index is 0.000914. The second-order valence-electron chi connectivity index (χ2n) is 9.23. The number of nitrogens with zero attached hydrogens (tertiary/aromatic N) is 1. The van der Waals surface area contributed by atoms with Crippen LogP contribution in [0, 0.1) is 11.6 Å². The van der Waals surface area contributed by atoms with Crippen molar-refractivity contribution in [3.8, 4) is 16.9 Å². The molecule has 0 heterocycles. The minimum Gasteiger partial charge on any atom is -0.497 e. The van der Waals surface area contributed by atoms with Gasteiger partial charge in [0.1, 0.15) is 17.4 Å². The van der Waals surface area contributed by atoms with Crippen molar-refractivity contribution in [3.05, 3.63) is 125 Å². The fourth-order valence-corrected chi connectivity index (χ4v) is 4.37. The Labute approximate surface area is 236 Å². The van der Waals surface area contributed by atoms with Gasteiger partial charge in [0.25, 0.3) is 11.8 Å². The summed E-state index contributed by atoms with van der Waals surface area (Å²) in [7, 11) is 1.55. The van der Waals surface area contributed by atoms with E-state index in [1.807, 2.05) is 0 Å². The average Bonchev–Trinajstić information content (AvgIpc) is 2.99. The maximum absolute atomic E-state index is 14.1. The Kier molecular flexibility index (Phi) is 9.42. The minimum atomic E-state index is -1.04. The van der Waals surface area contributed by atoms with Gasteiger partial charge in [-0.1, -0.05) is 48.5 Å². The second-order valence-corrected chi connectivity index (χ2v) is 9.23. The molecule has 0 saturated heterocycles. The summed E-state index contributed by atoms with van der Waals surface area (Å²) in [5.41, 5.74) is 2.22. The summed E-state index contributed by atoms with van der Waals surface area (Å²) in [6, 6.07) is 23.5. The molecule has 0 fully saturated rings. The van der Waals surface area contributed by atoms with Crippen molar-refractivity contribution in [2.75, 3.05) is 13.7 Å². The van der Waals surface area contributed by atoms with Gasteiger partial charge in [0.05, 0.1) is 13.5 Å². The highest BCUT2D eigenvalue weighted by molar-refractivity contribution is 6.06. The Morgan fingerprint density at radius 1 is 0.854 bits per heavy atom. The standard InChI is InChI=1S/C32H28F2N2O5/c1-41-24-13-10-21(11-14-24)20-36(17-16-30(37)38)32(40)28-9-5-3-7-26(28)25-6-2-4-8-27(25)31(39)35-19-22-18-23(33)12-15-29(22)34/h2-15,18H,16-17,19-20H2,1H3,(H,35,39)(H,37,38). The first-order valence-electron chi connectivity index (χ1n) is 12.8. The molecule has 2 amide bonds. The molecule has 210 valence electrons. The first-order chi connectivity index (χ1) is 19.8. The number of benzene rings is 4. The van der Waals surface area contributed by atoms with Crippen molar-refractivity contribution in [3.63, 3.8) is 0 Å². The molecule has 2 N–H and O–H groups in total. The topological polar surface area (TPSA) is 95.9 Å². The van der Waals surface area contributed by atoms with Gasteiger partial charge in [0.15, 0.2) is 0 Å². The van der Waals surface area contributed by atoms with Crippen LogP contribution in [0.4, 0.5) is 8.78 Å². The zero-order valence-electron chi connectivity index (χ0n) is 22.3. The lowest BCUT2D eigenvalue weighted by Gasteiger charge is -2.24. The first-order valence-corrected chi connectivity index (χ1v) is 12.8. The molecule has 4 aromatic rings. The molecule has 0 aliphatic rings. The Morgan fingerprint density at radius 3 is 2.15 bits per heavy atom. The number of carbonyl (C=O) groups is 3. The van der Waals surface area contributed by atoms with E-state index in [1.54, 1.807) is 79.9 Å². The summed E-state index contributed by atoms with van der Waals surface area (Å²) >= 11 is 0. The van der Waals surface area contributed by atoms with Gasteiger partial charge in [-0.05, 0) is 59.2 Å². The van der Waals surface area contributed by atoms with Gasteiger partial charge in [-0.25, -0.2) is 8.78 Å². The number of aliphatic carboxylic acids is 1. The van der Waals surface area contributed by atoms with Gasteiger partial charge < -0.3 is 20.1 Å². The van der Waals surface area contributed by atoms with Gasteiger partial charge in [-0.15, -0.1) is 0 Å². The zero-order valence-corrected chi connectivity index (χ0v) is 22.3. The van der Waals surface area contributed by atoms with Crippen molar-refractivity contribution < 1.29 is 33.0 Å². The smallest absolute Gasteiger partial charge is 0.305 e. The number of carboxylic acids is 1. The van der Waals surface area contributed by atoms with E-state index in [2.05, 4.69) is 5.32 Å². The molecular formula is C32H28F2N2O5.